The van der Waals surface area contributed by atoms with Gasteiger partial charge in [-0.3, -0.25) is 0 Å². The second-order valence-electron chi connectivity index (χ2n) is 5.50. The first-order valence-corrected chi connectivity index (χ1v) is 8.17. The van der Waals surface area contributed by atoms with Crippen LogP contribution in [0.5, 0.6) is 0 Å². The molecule has 5 nitrogen and oxygen atoms in total. The van der Waals surface area contributed by atoms with Crippen LogP contribution in [0.2, 0.25) is 0 Å². The summed E-state index contributed by atoms with van der Waals surface area (Å²) in [6.07, 6.45) is -0.128. The van der Waals surface area contributed by atoms with E-state index in [0.29, 0.717) is 5.56 Å². The second kappa shape index (κ2) is 5.93. The van der Waals surface area contributed by atoms with E-state index in [1.54, 1.807) is 24.3 Å². The summed E-state index contributed by atoms with van der Waals surface area (Å²) >= 11 is 0. The number of esters is 1. The number of sulfone groups is 1. The molecule has 1 atom stereocenters. The first-order chi connectivity index (χ1) is 9.07. The Morgan fingerprint density at radius 3 is 2.20 bits per heavy atom. The van der Waals surface area contributed by atoms with Gasteiger partial charge in [-0.15, -0.1) is 0 Å². The fraction of sp³-hybridized carbons (Fsp3) is 0.500. The Morgan fingerprint density at radius 2 is 1.80 bits per heavy atom. The van der Waals surface area contributed by atoms with E-state index in [-0.39, 0.29) is 5.75 Å². The zero-order valence-corrected chi connectivity index (χ0v) is 12.9. The fourth-order valence-corrected chi connectivity index (χ4v) is 3.58. The summed E-state index contributed by atoms with van der Waals surface area (Å²) in [6, 6.07) is 6.63. The number of aliphatic hydroxyl groups excluding tert-OH is 1. The SMILES string of the molecule is COC(=O)C(O)c1ccc(C(C)(C)CS(C)(=O)=O)cc1. The zero-order valence-electron chi connectivity index (χ0n) is 12.1. The molecule has 0 aliphatic heterocycles. The lowest BCUT2D eigenvalue weighted by molar-refractivity contribution is -0.150. The van der Waals surface area contributed by atoms with Crippen LogP contribution in [0.15, 0.2) is 24.3 Å². The summed E-state index contributed by atoms with van der Waals surface area (Å²) in [5.74, 6) is -0.702. The predicted octanol–water partition coefficient (Wildman–Crippen LogP) is 1.22. The number of benzene rings is 1. The van der Waals surface area contributed by atoms with E-state index in [2.05, 4.69) is 4.74 Å². The molecular weight excluding hydrogens is 280 g/mol. The molecule has 0 spiro atoms. The maximum atomic E-state index is 11.4. The molecule has 0 aliphatic rings. The third-order valence-corrected chi connectivity index (χ3v) is 4.30. The molecule has 0 fully saturated rings. The van der Waals surface area contributed by atoms with Crippen LogP contribution >= 0.6 is 0 Å². The number of carbonyl (C=O) groups excluding carboxylic acids is 1. The van der Waals surface area contributed by atoms with Gasteiger partial charge in [0.05, 0.1) is 12.9 Å². The number of carbonyl (C=O) groups is 1. The largest absolute Gasteiger partial charge is 0.467 e. The van der Waals surface area contributed by atoms with Gasteiger partial charge in [-0.1, -0.05) is 38.1 Å². The van der Waals surface area contributed by atoms with Gasteiger partial charge in [0, 0.05) is 11.7 Å². The minimum atomic E-state index is -3.10. The highest BCUT2D eigenvalue weighted by Gasteiger charge is 2.26. The van der Waals surface area contributed by atoms with Crippen molar-refractivity contribution in [1.29, 1.82) is 0 Å². The first-order valence-electron chi connectivity index (χ1n) is 6.11. The maximum absolute atomic E-state index is 11.4. The van der Waals surface area contributed by atoms with Crippen molar-refractivity contribution >= 4 is 15.8 Å². The monoisotopic (exact) mass is 300 g/mol. The van der Waals surface area contributed by atoms with E-state index in [1.165, 1.54) is 13.4 Å². The summed E-state index contributed by atoms with van der Waals surface area (Å²) < 4.78 is 27.3. The van der Waals surface area contributed by atoms with Crippen molar-refractivity contribution in [2.45, 2.75) is 25.4 Å². The molecule has 0 bridgehead atoms. The van der Waals surface area contributed by atoms with Crippen LogP contribution in [0.4, 0.5) is 0 Å². The quantitative estimate of drug-likeness (QED) is 0.827. The Hall–Kier alpha value is -1.40. The van der Waals surface area contributed by atoms with Gasteiger partial charge in [-0.05, 0) is 11.1 Å². The highest BCUT2D eigenvalue weighted by Crippen LogP contribution is 2.26. The van der Waals surface area contributed by atoms with Crippen molar-refractivity contribution in [2.75, 3.05) is 19.1 Å². The predicted molar refractivity (Wildman–Crippen MR) is 76.2 cm³/mol. The Bertz CT molecular complexity index is 572. The molecule has 1 aromatic rings. The fourth-order valence-electron chi connectivity index (χ4n) is 2.10. The third-order valence-electron chi connectivity index (χ3n) is 3.06. The summed E-state index contributed by atoms with van der Waals surface area (Å²) in [4.78, 5) is 11.2. The summed E-state index contributed by atoms with van der Waals surface area (Å²) in [7, 11) is -1.89. The molecule has 0 heterocycles. The van der Waals surface area contributed by atoms with E-state index >= 15 is 0 Å². The number of hydrogen-bond acceptors (Lipinski definition) is 5. The molecule has 0 saturated heterocycles. The average Bonchev–Trinajstić information content (AvgIpc) is 2.34. The molecule has 0 saturated carbocycles. The van der Waals surface area contributed by atoms with Crippen LogP contribution in [0.25, 0.3) is 0 Å². The van der Waals surface area contributed by atoms with Crippen LogP contribution in [0.1, 0.15) is 31.1 Å². The molecule has 0 aromatic heterocycles. The number of hydrogen-bond donors (Lipinski definition) is 1. The standard InChI is InChI=1S/C14H20O5S/c1-14(2,9-20(4,17)18)11-7-5-10(6-8-11)12(15)13(16)19-3/h5-8,12,15H,9H2,1-4H3. The van der Waals surface area contributed by atoms with Crippen molar-refractivity contribution in [3.05, 3.63) is 35.4 Å². The van der Waals surface area contributed by atoms with E-state index in [0.717, 1.165) is 5.56 Å². The maximum Gasteiger partial charge on any atom is 0.339 e. The van der Waals surface area contributed by atoms with E-state index in [9.17, 15) is 18.3 Å². The van der Waals surface area contributed by atoms with E-state index < -0.39 is 27.3 Å². The normalized spacial score (nSPS) is 13.8. The number of ether oxygens (including phenoxy) is 1. The van der Waals surface area contributed by atoms with Gasteiger partial charge >= 0.3 is 5.97 Å². The summed E-state index contributed by atoms with van der Waals surface area (Å²) in [5, 5.41) is 9.70. The van der Waals surface area contributed by atoms with Gasteiger partial charge < -0.3 is 9.84 Å². The lowest BCUT2D eigenvalue weighted by Gasteiger charge is -2.24. The van der Waals surface area contributed by atoms with Crippen LogP contribution in [-0.4, -0.2) is 38.6 Å². The molecular formula is C14H20O5S. The highest BCUT2D eigenvalue weighted by atomic mass is 32.2. The number of methoxy groups -OCH3 is 1. The second-order valence-corrected chi connectivity index (χ2v) is 7.64. The molecule has 0 amide bonds. The molecule has 1 unspecified atom stereocenters. The van der Waals surface area contributed by atoms with Gasteiger partial charge in [0.15, 0.2) is 6.10 Å². The van der Waals surface area contributed by atoms with Crippen molar-refractivity contribution in [2.24, 2.45) is 0 Å². The Balaban J connectivity index is 2.99. The Labute approximate surface area is 119 Å². The molecule has 1 N–H and O–H groups in total. The van der Waals surface area contributed by atoms with Crippen LogP contribution < -0.4 is 0 Å². The average molecular weight is 300 g/mol. The van der Waals surface area contributed by atoms with Crippen molar-refractivity contribution in [3.8, 4) is 0 Å². The third kappa shape index (κ3) is 4.31. The summed E-state index contributed by atoms with van der Waals surface area (Å²) in [6.45, 7) is 3.67. The Kier molecular flexibility index (Phi) is 4.94. The lowest BCUT2D eigenvalue weighted by atomic mass is 9.86. The minimum absolute atomic E-state index is 0.0267. The Morgan fingerprint density at radius 1 is 1.30 bits per heavy atom. The number of rotatable bonds is 5. The van der Waals surface area contributed by atoms with Gasteiger partial charge in [-0.25, -0.2) is 13.2 Å². The topological polar surface area (TPSA) is 80.7 Å². The minimum Gasteiger partial charge on any atom is -0.467 e. The number of aliphatic hydroxyl groups is 1. The molecule has 1 aromatic carbocycles. The van der Waals surface area contributed by atoms with Crippen LogP contribution in [0, 0.1) is 0 Å². The van der Waals surface area contributed by atoms with Gasteiger partial charge in [-0.2, -0.15) is 0 Å². The van der Waals surface area contributed by atoms with Gasteiger partial charge in [0.25, 0.3) is 0 Å². The highest BCUT2D eigenvalue weighted by molar-refractivity contribution is 7.90. The van der Waals surface area contributed by atoms with Crippen molar-refractivity contribution < 1.29 is 23.1 Å². The molecule has 6 heteroatoms. The van der Waals surface area contributed by atoms with Crippen LogP contribution in [-0.2, 0) is 24.8 Å². The molecule has 20 heavy (non-hydrogen) atoms. The van der Waals surface area contributed by atoms with Crippen molar-refractivity contribution in [1.82, 2.24) is 0 Å². The molecule has 0 radical (unpaired) electrons. The van der Waals surface area contributed by atoms with Crippen molar-refractivity contribution in [3.63, 3.8) is 0 Å². The lowest BCUT2D eigenvalue weighted by Crippen LogP contribution is -2.27. The van der Waals surface area contributed by atoms with E-state index in [1.807, 2.05) is 13.8 Å². The van der Waals surface area contributed by atoms with Gasteiger partial charge in [0.1, 0.15) is 9.84 Å². The van der Waals surface area contributed by atoms with Gasteiger partial charge in [0.2, 0.25) is 0 Å². The van der Waals surface area contributed by atoms with E-state index in [4.69, 9.17) is 0 Å². The zero-order chi connectivity index (χ0) is 15.6. The molecule has 112 valence electrons. The summed E-state index contributed by atoms with van der Waals surface area (Å²) in [5.41, 5.74) is 0.696. The molecule has 1 rings (SSSR count). The first kappa shape index (κ1) is 16.7. The molecule has 0 aliphatic carbocycles. The smallest absolute Gasteiger partial charge is 0.339 e. The van der Waals surface area contributed by atoms with Crippen LogP contribution in [0.3, 0.4) is 0 Å².